The van der Waals surface area contributed by atoms with Gasteiger partial charge in [0.2, 0.25) is 0 Å². The predicted molar refractivity (Wildman–Crippen MR) is 92.5 cm³/mol. The van der Waals surface area contributed by atoms with Crippen molar-refractivity contribution >= 4 is 35.1 Å². The fraction of sp³-hybridized carbons (Fsp3) is 0.529. The van der Waals surface area contributed by atoms with Crippen LogP contribution in [-0.2, 0) is 14.3 Å². The van der Waals surface area contributed by atoms with Gasteiger partial charge in [-0.3, -0.25) is 9.59 Å². The molecule has 5 nitrogen and oxygen atoms in total. The molecule has 0 saturated carbocycles. The monoisotopic (exact) mass is 373 g/mol. The summed E-state index contributed by atoms with van der Waals surface area (Å²) in [5.74, 6) is -0.283. The van der Waals surface area contributed by atoms with Crippen LogP contribution in [0.4, 0.5) is 0 Å². The van der Waals surface area contributed by atoms with Crippen LogP contribution >= 0.6 is 23.2 Å². The van der Waals surface area contributed by atoms with Crippen LogP contribution in [0.15, 0.2) is 18.2 Å². The van der Waals surface area contributed by atoms with Gasteiger partial charge in [-0.2, -0.15) is 0 Å². The number of carbonyl (C=O) groups excluding carboxylic acids is 2. The summed E-state index contributed by atoms with van der Waals surface area (Å²) in [5.41, 5.74) is 0. The van der Waals surface area contributed by atoms with Gasteiger partial charge in [-0.15, -0.1) is 0 Å². The Morgan fingerprint density at radius 1 is 1.38 bits per heavy atom. The topological polar surface area (TPSA) is 55.8 Å². The SMILES string of the molecule is CCOC(=O)[C@H]1CCCN(C(=O)[C@H](C)Oc2ccc(Cl)cc2Cl)C1. The van der Waals surface area contributed by atoms with Crippen LogP contribution in [0.1, 0.15) is 26.7 Å². The first-order chi connectivity index (χ1) is 11.4. The van der Waals surface area contributed by atoms with Gasteiger partial charge in [0.25, 0.3) is 5.91 Å². The van der Waals surface area contributed by atoms with E-state index in [1.807, 2.05) is 0 Å². The van der Waals surface area contributed by atoms with E-state index in [9.17, 15) is 9.59 Å². The first-order valence-corrected chi connectivity index (χ1v) is 8.75. The van der Waals surface area contributed by atoms with Crippen molar-refractivity contribution in [1.82, 2.24) is 4.90 Å². The van der Waals surface area contributed by atoms with Crippen molar-refractivity contribution in [3.05, 3.63) is 28.2 Å². The molecule has 24 heavy (non-hydrogen) atoms. The van der Waals surface area contributed by atoms with Gasteiger partial charge >= 0.3 is 5.97 Å². The van der Waals surface area contributed by atoms with E-state index in [2.05, 4.69) is 0 Å². The van der Waals surface area contributed by atoms with E-state index in [1.165, 1.54) is 0 Å². The second-order valence-corrected chi connectivity index (χ2v) is 6.55. The van der Waals surface area contributed by atoms with E-state index in [1.54, 1.807) is 36.9 Å². The molecule has 0 N–H and O–H groups in total. The molecule has 0 radical (unpaired) electrons. The summed E-state index contributed by atoms with van der Waals surface area (Å²) >= 11 is 11.9. The zero-order valence-electron chi connectivity index (χ0n) is 13.8. The molecule has 0 spiro atoms. The lowest BCUT2D eigenvalue weighted by atomic mass is 9.98. The Hall–Kier alpha value is -1.46. The number of rotatable bonds is 5. The highest BCUT2D eigenvalue weighted by Crippen LogP contribution is 2.29. The number of halogens is 2. The number of hydrogen-bond donors (Lipinski definition) is 0. The van der Waals surface area contributed by atoms with Crippen LogP contribution in [0, 0.1) is 5.92 Å². The van der Waals surface area contributed by atoms with E-state index in [0.29, 0.717) is 35.5 Å². The van der Waals surface area contributed by atoms with Crippen molar-refractivity contribution in [2.24, 2.45) is 5.92 Å². The fourth-order valence-corrected chi connectivity index (χ4v) is 3.15. The Morgan fingerprint density at radius 2 is 2.12 bits per heavy atom. The minimum Gasteiger partial charge on any atom is -0.479 e. The number of piperidine rings is 1. The zero-order chi connectivity index (χ0) is 17.7. The standard InChI is InChI=1S/C17H21Cl2NO4/c1-3-23-17(22)12-5-4-8-20(10-12)16(21)11(2)24-15-7-6-13(18)9-14(15)19/h6-7,9,11-12H,3-5,8,10H2,1-2H3/t11-,12-/m0/s1. The number of benzene rings is 1. The number of likely N-dealkylation sites (tertiary alicyclic amines) is 1. The third-order valence-corrected chi connectivity index (χ3v) is 4.43. The Balaban J connectivity index is 1.98. The van der Waals surface area contributed by atoms with E-state index in [4.69, 9.17) is 32.7 Å². The third-order valence-electron chi connectivity index (χ3n) is 3.90. The number of hydrogen-bond acceptors (Lipinski definition) is 4. The quantitative estimate of drug-likeness (QED) is 0.740. The van der Waals surface area contributed by atoms with Gasteiger partial charge in [0.05, 0.1) is 17.5 Å². The lowest BCUT2D eigenvalue weighted by molar-refractivity contribution is -0.152. The Bertz CT molecular complexity index is 608. The van der Waals surface area contributed by atoms with Crippen molar-refractivity contribution in [2.45, 2.75) is 32.8 Å². The van der Waals surface area contributed by atoms with Gasteiger partial charge in [0, 0.05) is 18.1 Å². The molecule has 2 rings (SSSR count). The number of nitrogens with zero attached hydrogens (tertiary/aromatic N) is 1. The Morgan fingerprint density at radius 3 is 2.79 bits per heavy atom. The number of ether oxygens (including phenoxy) is 2. The van der Waals surface area contributed by atoms with Crippen LogP contribution < -0.4 is 4.74 Å². The molecule has 0 bridgehead atoms. The average molecular weight is 374 g/mol. The molecule has 1 aliphatic rings. The van der Waals surface area contributed by atoms with Crippen LogP contribution in [0.2, 0.25) is 10.0 Å². The molecule has 7 heteroatoms. The summed E-state index contributed by atoms with van der Waals surface area (Å²) in [6.07, 6.45) is 0.800. The van der Waals surface area contributed by atoms with E-state index in [-0.39, 0.29) is 17.8 Å². The molecule has 1 aromatic carbocycles. The van der Waals surface area contributed by atoms with Crippen LogP contribution in [0.3, 0.4) is 0 Å². The molecule has 1 aromatic rings. The minimum atomic E-state index is -0.704. The first kappa shape index (κ1) is 18.9. The third kappa shape index (κ3) is 4.77. The summed E-state index contributed by atoms with van der Waals surface area (Å²) in [5, 5.41) is 0.852. The molecule has 132 valence electrons. The van der Waals surface area contributed by atoms with Gasteiger partial charge < -0.3 is 14.4 Å². The van der Waals surface area contributed by atoms with Crippen molar-refractivity contribution in [3.63, 3.8) is 0 Å². The Labute approximate surface area is 151 Å². The summed E-state index contributed by atoms with van der Waals surface area (Å²) in [6.45, 7) is 4.75. The molecular formula is C17H21Cl2NO4. The predicted octanol–water partition coefficient (Wildman–Crippen LogP) is 3.56. The van der Waals surface area contributed by atoms with Gasteiger partial charge in [-0.05, 0) is 44.9 Å². The lowest BCUT2D eigenvalue weighted by Gasteiger charge is -2.33. The molecule has 1 aliphatic heterocycles. The zero-order valence-corrected chi connectivity index (χ0v) is 15.3. The second-order valence-electron chi connectivity index (χ2n) is 5.71. The maximum atomic E-state index is 12.6. The summed E-state index contributed by atoms with van der Waals surface area (Å²) < 4.78 is 10.7. The largest absolute Gasteiger partial charge is 0.479 e. The van der Waals surface area contributed by atoms with Gasteiger partial charge in [-0.1, -0.05) is 23.2 Å². The molecule has 0 unspecified atom stereocenters. The minimum absolute atomic E-state index is 0.171. The van der Waals surface area contributed by atoms with E-state index >= 15 is 0 Å². The number of carbonyl (C=O) groups is 2. The van der Waals surface area contributed by atoms with Crippen molar-refractivity contribution in [1.29, 1.82) is 0 Å². The van der Waals surface area contributed by atoms with Crippen LogP contribution in [0.5, 0.6) is 5.75 Å². The second kappa shape index (κ2) is 8.58. The highest BCUT2D eigenvalue weighted by Gasteiger charge is 2.32. The molecule has 1 fully saturated rings. The molecule has 1 heterocycles. The van der Waals surface area contributed by atoms with Crippen LogP contribution in [0.25, 0.3) is 0 Å². The van der Waals surface area contributed by atoms with E-state index < -0.39 is 6.10 Å². The van der Waals surface area contributed by atoms with Crippen molar-refractivity contribution < 1.29 is 19.1 Å². The molecular weight excluding hydrogens is 353 g/mol. The van der Waals surface area contributed by atoms with Crippen LogP contribution in [-0.4, -0.2) is 42.6 Å². The van der Waals surface area contributed by atoms with Gasteiger partial charge in [0.1, 0.15) is 5.75 Å². The molecule has 1 amide bonds. The maximum absolute atomic E-state index is 12.6. The Kier molecular flexibility index (Phi) is 6.75. The number of amides is 1. The van der Waals surface area contributed by atoms with Crippen molar-refractivity contribution in [3.8, 4) is 5.75 Å². The smallest absolute Gasteiger partial charge is 0.310 e. The average Bonchev–Trinajstić information content (AvgIpc) is 2.57. The molecule has 1 saturated heterocycles. The summed E-state index contributed by atoms with van der Waals surface area (Å²) in [4.78, 5) is 26.1. The fourth-order valence-electron chi connectivity index (χ4n) is 2.70. The first-order valence-electron chi connectivity index (χ1n) is 7.99. The van der Waals surface area contributed by atoms with E-state index in [0.717, 1.165) is 12.8 Å². The van der Waals surface area contributed by atoms with Gasteiger partial charge in [0.15, 0.2) is 6.10 Å². The number of esters is 1. The normalized spacial score (nSPS) is 18.8. The summed E-state index contributed by atoms with van der Waals surface area (Å²) in [7, 11) is 0. The molecule has 0 aliphatic carbocycles. The highest BCUT2D eigenvalue weighted by molar-refractivity contribution is 6.35. The van der Waals surface area contributed by atoms with Crippen molar-refractivity contribution in [2.75, 3.05) is 19.7 Å². The molecule has 2 atom stereocenters. The maximum Gasteiger partial charge on any atom is 0.310 e. The lowest BCUT2D eigenvalue weighted by Crippen LogP contribution is -2.47. The molecule has 0 aromatic heterocycles. The highest BCUT2D eigenvalue weighted by atomic mass is 35.5. The summed E-state index contributed by atoms with van der Waals surface area (Å²) in [6, 6.07) is 4.84. The van der Waals surface area contributed by atoms with Gasteiger partial charge in [-0.25, -0.2) is 0 Å².